The average Bonchev–Trinajstić information content (AvgIpc) is 2.53. The molecule has 2 N–H and O–H groups in total. The minimum absolute atomic E-state index is 0.0351. The van der Waals surface area contributed by atoms with Crippen molar-refractivity contribution in [3.8, 4) is 0 Å². The molecule has 3 rings (SSSR count). The van der Waals surface area contributed by atoms with Crippen LogP contribution in [0.25, 0.3) is 11.0 Å². The van der Waals surface area contributed by atoms with E-state index < -0.39 is 0 Å². The van der Waals surface area contributed by atoms with Crippen molar-refractivity contribution in [3.63, 3.8) is 0 Å². The number of fused-ring (bicyclic) bond motifs is 1. The maximum absolute atomic E-state index is 11.7. The number of aromatic nitrogens is 2. The van der Waals surface area contributed by atoms with E-state index in [1.165, 1.54) is 6.92 Å². The molecular weight excluding hydrogens is 280 g/mol. The second-order valence-corrected chi connectivity index (χ2v) is 5.61. The van der Waals surface area contributed by atoms with Gasteiger partial charge in [-0.05, 0) is 31.9 Å². The van der Waals surface area contributed by atoms with E-state index in [1.807, 2.05) is 12.1 Å². The van der Waals surface area contributed by atoms with E-state index in [2.05, 4.69) is 15.2 Å². The van der Waals surface area contributed by atoms with E-state index in [0.29, 0.717) is 11.1 Å². The molecule has 0 amide bonds. The summed E-state index contributed by atoms with van der Waals surface area (Å²) in [6, 6.07) is 3.87. The van der Waals surface area contributed by atoms with Gasteiger partial charge in [0.15, 0.2) is 5.78 Å². The summed E-state index contributed by atoms with van der Waals surface area (Å²) in [6.07, 6.45) is 2.89. The van der Waals surface area contributed by atoms with Crippen molar-refractivity contribution in [1.82, 2.24) is 9.97 Å². The van der Waals surface area contributed by atoms with Crippen LogP contribution < -0.4 is 10.2 Å². The number of nitrogens with one attached hydrogen (secondary N) is 1. The number of nitrogens with zero attached hydrogens (tertiary/aromatic N) is 3. The highest BCUT2D eigenvalue weighted by atomic mass is 16.3. The zero-order valence-electron chi connectivity index (χ0n) is 12.8. The third-order valence-corrected chi connectivity index (χ3v) is 4.12. The minimum atomic E-state index is -0.212. The van der Waals surface area contributed by atoms with Gasteiger partial charge in [-0.1, -0.05) is 0 Å². The van der Waals surface area contributed by atoms with Crippen LogP contribution in [-0.4, -0.2) is 47.1 Å². The summed E-state index contributed by atoms with van der Waals surface area (Å²) in [5.74, 6) is 0.824. The van der Waals surface area contributed by atoms with Crippen LogP contribution in [0.2, 0.25) is 0 Å². The molecule has 0 unspecified atom stereocenters. The molecule has 2 aromatic heterocycles. The molecular formula is C16H20N4O2. The first-order valence-corrected chi connectivity index (χ1v) is 7.51. The molecule has 1 fully saturated rings. The summed E-state index contributed by atoms with van der Waals surface area (Å²) in [6.45, 7) is 3.10. The molecule has 3 heterocycles. The Bertz CT molecular complexity index is 709. The maximum Gasteiger partial charge on any atom is 0.163 e. The lowest BCUT2D eigenvalue weighted by Gasteiger charge is -2.30. The van der Waals surface area contributed by atoms with Crippen LogP contribution in [0.1, 0.15) is 30.1 Å². The third-order valence-electron chi connectivity index (χ3n) is 4.12. The molecule has 0 aliphatic carbocycles. The highest BCUT2D eigenvalue weighted by Crippen LogP contribution is 2.27. The summed E-state index contributed by atoms with van der Waals surface area (Å²) in [5.41, 5.74) is 2.74. The largest absolute Gasteiger partial charge is 0.393 e. The zero-order chi connectivity index (χ0) is 15.7. The first-order valence-electron chi connectivity index (χ1n) is 7.51. The Kier molecular flexibility index (Phi) is 3.94. The number of pyridine rings is 2. The Morgan fingerprint density at radius 3 is 2.73 bits per heavy atom. The zero-order valence-corrected chi connectivity index (χ0v) is 12.8. The number of hydrogen-bond donors (Lipinski definition) is 2. The van der Waals surface area contributed by atoms with Crippen molar-refractivity contribution in [2.75, 3.05) is 30.4 Å². The number of Topliss-reactive ketones (excluding diaryl/α,β-unsaturated/α-hetero) is 1. The molecule has 2 aromatic rings. The topological polar surface area (TPSA) is 78.4 Å². The van der Waals surface area contributed by atoms with Gasteiger partial charge in [0.25, 0.3) is 0 Å². The number of carbonyl (C=O) groups is 1. The Balaban J connectivity index is 2.05. The fourth-order valence-electron chi connectivity index (χ4n) is 2.85. The summed E-state index contributed by atoms with van der Waals surface area (Å²) in [4.78, 5) is 22.9. The lowest BCUT2D eigenvalue weighted by Crippen LogP contribution is -2.36. The van der Waals surface area contributed by atoms with Gasteiger partial charge in [0.1, 0.15) is 11.3 Å². The fraction of sp³-hybridized carbons (Fsp3) is 0.438. The van der Waals surface area contributed by atoms with Crippen molar-refractivity contribution in [3.05, 3.63) is 23.9 Å². The lowest BCUT2D eigenvalue weighted by molar-refractivity contribution is 0.101. The molecule has 6 nitrogen and oxygen atoms in total. The van der Waals surface area contributed by atoms with E-state index >= 15 is 0 Å². The van der Waals surface area contributed by atoms with E-state index in [0.717, 1.165) is 43.0 Å². The van der Waals surface area contributed by atoms with Crippen LogP contribution >= 0.6 is 0 Å². The van der Waals surface area contributed by atoms with Crippen molar-refractivity contribution >= 4 is 28.3 Å². The Morgan fingerprint density at radius 2 is 2.09 bits per heavy atom. The molecule has 0 radical (unpaired) electrons. The van der Waals surface area contributed by atoms with E-state index in [1.54, 1.807) is 13.2 Å². The van der Waals surface area contributed by atoms with Crippen molar-refractivity contribution in [2.45, 2.75) is 25.9 Å². The highest BCUT2D eigenvalue weighted by Gasteiger charge is 2.19. The summed E-state index contributed by atoms with van der Waals surface area (Å²) >= 11 is 0. The minimum Gasteiger partial charge on any atom is -0.393 e. The number of aliphatic hydroxyl groups is 1. The molecule has 116 valence electrons. The number of anilines is 2. The van der Waals surface area contributed by atoms with E-state index in [4.69, 9.17) is 4.98 Å². The molecule has 6 heteroatoms. The number of piperidine rings is 1. The van der Waals surface area contributed by atoms with Gasteiger partial charge < -0.3 is 15.3 Å². The van der Waals surface area contributed by atoms with Crippen molar-refractivity contribution in [1.29, 1.82) is 0 Å². The lowest BCUT2D eigenvalue weighted by atomic mass is 10.1. The number of aliphatic hydroxyl groups excluding tert-OH is 1. The molecule has 0 spiro atoms. The van der Waals surface area contributed by atoms with Gasteiger partial charge in [0, 0.05) is 26.3 Å². The third kappa shape index (κ3) is 2.62. The molecule has 0 bridgehead atoms. The number of hydrogen-bond acceptors (Lipinski definition) is 6. The Morgan fingerprint density at radius 1 is 1.36 bits per heavy atom. The van der Waals surface area contributed by atoms with E-state index in [9.17, 15) is 9.90 Å². The number of rotatable bonds is 3. The van der Waals surface area contributed by atoms with Gasteiger partial charge in [-0.15, -0.1) is 0 Å². The predicted molar refractivity (Wildman–Crippen MR) is 86.5 cm³/mol. The van der Waals surface area contributed by atoms with Crippen LogP contribution in [0.4, 0.5) is 11.5 Å². The SMILES string of the molecule is CNc1c(C(C)=O)cnc2ccc(N3CCC(O)CC3)nc12. The Labute approximate surface area is 129 Å². The second-order valence-electron chi connectivity index (χ2n) is 5.61. The Hall–Kier alpha value is -2.21. The second kappa shape index (κ2) is 5.88. The first kappa shape index (κ1) is 14.7. The smallest absolute Gasteiger partial charge is 0.163 e. The van der Waals surface area contributed by atoms with Crippen LogP contribution in [-0.2, 0) is 0 Å². The summed E-state index contributed by atoms with van der Waals surface area (Å²) in [7, 11) is 1.78. The summed E-state index contributed by atoms with van der Waals surface area (Å²) < 4.78 is 0. The van der Waals surface area contributed by atoms with Gasteiger partial charge in [0.05, 0.1) is 22.9 Å². The fourth-order valence-corrected chi connectivity index (χ4v) is 2.85. The molecule has 0 atom stereocenters. The quantitative estimate of drug-likeness (QED) is 0.842. The number of carbonyl (C=O) groups excluding carboxylic acids is 1. The summed E-state index contributed by atoms with van der Waals surface area (Å²) in [5, 5.41) is 12.7. The standard InChI is InChI=1S/C16H20N4O2/c1-10(21)12-9-18-13-3-4-14(19-16(13)15(12)17-2)20-7-5-11(22)6-8-20/h3-4,9,11,22H,5-8H2,1-2H3,(H,17,18). The predicted octanol–water partition coefficient (Wildman–Crippen LogP) is 1.84. The monoisotopic (exact) mass is 300 g/mol. The van der Waals surface area contributed by atoms with Crippen LogP contribution in [0, 0.1) is 0 Å². The molecule has 1 saturated heterocycles. The van der Waals surface area contributed by atoms with Gasteiger partial charge in [-0.25, -0.2) is 4.98 Å². The molecule has 1 aliphatic heterocycles. The molecule has 22 heavy (non-hydrogen) atoms. The molecule has 0 aromatic carbocycles. The van der Waals surface area contributed by atoms with Gasteiger partial charge in [0.2, 0.25) is 0 Å². The van der Waals surface area contributed by atoms with Crippen LogP contribution in [0.5, 0.6) is 0 Å². The van der Waals surface area contributed by atoms with Gasteiger partial charge in [-0.2, -0.15) is 0 Å². The molecule has 1 aliphatic rings. The molecule has 0 saturated carbocycles. The van der Waals surface area contributed by atoms with Crippen LogP contribution in [0.15, 0.2) is 18.3 Å². The van der Waals surface area contributed by atoms with Crippen LogP contribution in [0.3, 0.4) is 0 Å². The maximum atomic E-state index is 11.7. The van der Waals surface area contributed by atoms with Crippen molar-refractivity contribution < 1.29 is 9.90 Å². The van der Waals surface area contributed by atoms with Crippen molar-refractivity contribution in [2.24, 2.45) is 0 Å². The first-order chi connectivity index (χ1) is 10.6. The van der Waals surface area contributed by atoms with Gasteiger partial charge in [-0.3, -0.25) is 9.78 Å². The van der Waals surface area contributed by atoms with E-state index in [-0.39, 0.29) is 11.9 Å². The highest BCUT2D eigenvalue weighted by molar-refractivity contribution is 6.05. The van der Waals surface area contributed by atoms with Gasteiger partial charge >= 0.3 is 0 Å². The number of ketones is 1. The average molecular weight is 300 g/mol. The normalized spacial score (nSPS) is 16.0.